The number of nitriles is 2. The number of nitrogens with two attached hydrogens (primary N) is 2. The van der Waals surface area contributed by atoms with Gasteiger partial charge in [0, 0.05) is 15.6 Å². The van der Waals surface area contributed by atoms with Crippen LogP contribution in [0.5, 0.6) is 5.75 Å². The lowest BCUT2D eigenvalue weighted by Crippen LogP contribution is -2.32. The molecule has 4 rings (SSSR count). The molecule has 0 radical (unpaired) electrons. The highest BCUT2D eigenvalue weighted by molar-refractivity contribution is 9.10. The Morgan fingerprint density at radius 2 is 1.94 bits per heavy atom. The van der Waals surface area contributed by atoms with Crippen molar-refractivity contribution in [1.82, 2.24) is 10.3 Å². The highest BCUT2D eigenvalue weighted by Crippen LogP contribution is 2.40. The number of guanidine groups is 1. The van der Waals surface area contributed by atoms with Crippen LogP contribution in [0.25, 0.3) is 0 Å². The number of nitrogens with zero attached hydrogens (tertiary/aromatic N) is 4. The Bertz CT molecular complexity index is 1340. The van der Waals surface area contributed by atoms with Gasteiger partial charge in [0.2, 0.25) is 5.96 Å². The van der Waals surface area contributed by atoms with Crippen molar-refractivity contribution in [1.29, 1.82) is 10.5 Å². The first-order valence-electron chi connectivity index (χ1n) is 9.56. The van der Waals surface area contributed by atoms with Crippen molar-refractivity contribution in [2.45, 2.75) is 12.6 Å². The minimum atomic E-state index is -0.649. The molecular weight excluding hydrogens is 491 g/mol. The number of halogens is 2. The van der Waals surface area contributed by atoms with Crippen molar-refractivity contribution in [3.63, 3.8) is 0 Å². The molecule has 0 amide bonds. The van der Waals surface area contributed by atoms with E-state index in [0.717, 1.165) is 10.0 Å². The first-order valence-corrected chi connectivity index (χ1v) is 10.4. The van der Waals surface area contributed by atoms with Crippen LogP contribution in [0.3, 0.4) is 0 Å². The van der Waals surface area contributed by atoms with Gasteiger partial charge < -0.3 is 21.5 Å². The molecule has 33 heavy (non-hydrogen) atoms. The summed E-state index contributed by atoms with van der Waals surface area (Å²) in [6, 6.07) is 12.7. The van der Waals surface area contributed by atoms with E-state index in [1.54, 1.807) is 36.5 Å². The zero-order valence-electron chi connectivity index (χ0n) is 16.9. The van der Waals surface area contributed by atoms with Crippen LogP contribution in [0.1, 0.15) is 28.3 Å². The Hall–Kier alpha value is -4.35. The molecule has 11 heteroatoms. The van der Waals surface area contributed by atoms with E-state index in [2.05, 4.69) is 36.5 Å². The van der Waals surface area contributed by atoms with Crippen molar-refractivity contribution in [2.75, 3.05) is 16.8 Å². The van der Waals surface area contributed by atoms with Gasteiger partial charge in [-0.3, -0.25) is 5.32 Å². The van der Waals surface area contributed by atoms with Crippen LogP contribution < -0.4 is 26.8 Å². The van der Waals surface area contributed by atoms with Crippen molar-refractivity contribution >= 4 is 39.2 Å². The molecule has 0 bridgehead atoms. The predicted octanol–water partition coefficient (Wildman–Crippen LogP) is 3.54. The Morgan fingerprint density at radius 1 is 1.18 bits per heavy atom. The van der Waals surface area contributed by atoms with Gasteiger partial charge in [0.15, 0.2) is 6.19 Å². The van der Waals surface area contributed by atoms with Gasteiger partial charge in [-0.05, 0) is 35.9 Å². The molecule has 2 aromatic carbocycles. The lowest BCUT2D eigenvalue weighted by molar-refractivity contribution is 0.304. The van der Waals surface area contributed by atoms with Crippen LogP contribution in [0, 0.1) is 28.6 Å². The molecule has 0 saturated carbocycles. The van der Waals surface area contributed by atoms with Gasteiger partial charge in [0.1, 0.15) is 47.5 Å². The average Bonchev–Trinajstić information content (AvgIpc) is 2.80. The summed E-state index contributed by atoms with van der Waals surface area (Å²) in [6.07, 6.45) is 1.81. The van der Waals surface area contributed by atoms with E-state index in [1.165, 1.54) is 12.1 Å². The first kappa shape index (κ1) is 21.9. The normalized spacial score (nSPS) is 14.2. The third-order valence-corrected chi connectivity index (χ3v) is 5.73. The van der Waals surface area contributed by atoms with Gasteiger partial charge in [-0.25, -0.2) is 14.4 Å². The smallest absolute Gasteiger partial charge is 0.211 e. The standard InChI is InChI=1S/C22H16BrFN8O/c23-16-6-3-13(24)7-12(16)9-33-14-4-1-11(2-5-14)19-17-18(27)15(8-25)20(28)31-21(17)32-22(30-19)29-10-26/h1-7,19H,9H2,(H6,27,28,29,30,31,32). The molecule has 0 fully saturated rings. The molecule has 1 atom stereocenters. The third-order valence-electron chi connectivity index (χ3n) is 4.96. The molecule has 3 aromatic rings. The van der Waals surface area contributed by atoms with Crippen LogP contribution in [-0.4, -0.2) is 10.9 Å². The van der Waals surface area contributed by atoms with E-state index >= 15 is 0 Å². The van der Waals surface area contributed by atoms with E-state index in [9.17, 15) is 9.65 Å². The minimum Gasteiger partial charge on any atom is -0.489 e. The van der Waals surface area contributed by atoms with Crippen molar-refractivity contribution in [2.24, 2.45) is 4.99 Å². The molecule has 6 N–H and O–H groups in total. The molecule has 0 spiro atoms. The molecule has 164 valence electrons. The van der Waals surface area contributed by atoms with E-state index in [-0.39, 0.29) is 35.5 Å². The summed E-state index contributed by atoms with van der Waals surface area (Å²) in [6.45, 7) is 0.171. The fraction of sp³-hybridized carbons (Fsp3) is 0.0909. The molecule has 1 aliphatic rings. The molecule has 1 unspecified atom stereocenters. The number of hydrogen-bond acceptors (Lipinski definition) is 9. The summed E-state index contributed by atoms with van der Waals surface area (Å²) in [4.78, 5) is 8.73. The molecular formula is C22H16BrFN8O. The topological polar surface area (TPSA) is 158 Å². The second-order valence-corrected chi connectivity index (χ2v) is 7.85. The van der Waals surface area contributed by atoms with Crippen LogP contribution >= 0.6 is 15.9 Å². The lowest BCUT2D eigenvalue weighted by Gasteiger charge is -2.26. The van der Waals surface area contributed by atoms with E-state index in [1.807, 2.05) is 6.07 Å². The lowest BCUT2D eigenvalue weighted by atomic mass is 9.95. The quantitative estimate of drug-likeness (QED) is 0.308. The Balaban J connectivity index is 1.65. The maximum absolute atomic E-state index is 13.5. The summed E-state index contributed by atoms with van der Waals surface area (Å²) in [5.74, 6) is 0.662. The Kier molecular flexibility index (Phi) is 5.98. The van der Waals surface area contributed by atoms with Gasteiger partial charge in [-0.1, -0.05) is 28.1 Å². The average molecular weight is 507 g/mol. The van der Waals surface area contributed by atoms with Gasteiger partial charge in [-0.15, -0.1) is 0 Å². The van der Waals surface area contributed by atoms with Crippen LogP contribution in [0.4, 0.5) is 21.7 Å². The molecule has 1 aromatic heterocycles. The monoisotopic (exact) mass is 506 g/mol. The van der Waals surface area contributed by atoms with E-state index in [4.69, 9.17) is 21.5 Å². The van der Waals surface area contributed by atoms with Crippen molar-refractivity contribution in [3.05, 3.63) is 75.0 Å². The minimum absolute atomic E-state index is 0.0227. The number of rotatable bonds is 4. The number of pyridine rings is 1. The van der Waals surface area contributed by atoms with Gasteiger partial charge in [0.25, 0.3) is 0 Å². The van der Waals surface area contributed by atoms with Crippen LogP contribution in [0.15, 0.2) is 51.9 Å². The van der Waals surface area contributed by atoms with E-state index < -0.39 is 6.04 Å². The zero-order valence-corrected chi connectivity index (χ0v) is 18.5. The number of hydrogen-bond donors (Lipinski definition) is 4. The summed E-state index contributed by atoms with van der Waals surface area (Å²) in [5.41, 5.74) is 14.2. The number of aromatic nitrogens is 1. The van der Waals surface area contributed by atoms with Crippen molar-refractivity contribution < 1.29 is 9.13 Å². The SMILES string of the molecule is N#CNC1=NC(c2ccc(OCc3cc(F)ccc3Br)cc2)c2c(nc(N)c(C#N)c2N)N1. The van der Waals surface area contributed by atoms with Gasteiger partial charge in [-0.2, -0.15) is 10.5 Å². The molecule has 1 aliphatic heterocycles. The first-order chi connectivity index (χ1) is 15.9. The maximum atomic E-state index is 13.5. The highest BCUT2D eigenvalue weighted by Gasteiger charge is 2.29. The summed E-state index contributed by atoms with van der Waals surface area (Å²) < 4.78 is 20.0. The molecule has 9 nitrogen and oxygen atoms in total. The largest absolute Gasteiger partial charge is 0.489 e. The second kappa shape index (κ2) is 9.02. The second-order valence-electron chi connectivity index (χ2n) is 7.00. The Labute approximate surface area is 196 Å². The zero-order chi connectivity index (χ0) is 23.5. The third kappa shape index (κ3) is 4.35. The van der Waals surface area contributed by atoms with Crippen molar-refractivity contribution in [3.8, 4) is 18.0 Å². The molecule has 2 heterocycles. The molecule has 0 saturated heterocycles. The fourth-order valence-electron chi connectivity index (χ4n) is 3.38. The highest BCUT2D eigenvalue weighted by atomic mass is 79.9. The predicted molar refractivity (Wildman–Crippen MR) is 124 cm³/mol. The van der Waals surface area contributed by atoms with E-state index in [0.29, 0.717) is 22.7 Å². The summed E-state index contributed by atoms with van der Waals surface area (Å²) in [5, 5.41) is 23.7. The number of nitrogen functional groups attached to an aromatic ring is 2. The van der Waals surface area contributed by atoms with Crippen LogP contribution in [0.2, 0.25) is 0 Å². The molecule has 0 aliphatic carbocycles. The fourth-order valence-corrected chi connectivity index (χ4v) is 3.74. The van der Waals surface area contributed by atoms with Gasteiger partial charge >= 0.3 is 0 Å². The number of ether oxygens (including phenoxy) is 1. The maximum Gasteiger partial charge on any atom is 0.211 e. The Morgan fingerprint density at radius 3 is 2.64 bits per heavy atom. The summed E-state index contributed by atoms with van der Waals surface area (Å²) >= 11 is 3.38. The number of aliphatic imine (C=N–C) groups is 1. The van der Waals surface area contributed by atoms with Gasteiger partial charge in [0.05, 0.1) is 5.69 Å². The van der Waals surface area contributed by atoms with Crippen LogP contribution in [-0.2, 0) is 6.61 Å². The number of anilines is 3. The summed E-state index contributed by atoms with van der Waals surface area (Å²) in [7, 11) is 0. The number of fused-ring (bicyclic) bond motifs is 1. The number of nitrogens with one attached hydrogen (secondary N) is 2. The number of benzene rings is 2.